The van der Waals surface area contributed by atoms with E-state index in [1.54, 1.807) is 18.2 Å². The second-order valence-corrected chi connectivity index (χ2v) is 4.94. The summed E-state index contributed by atoms with van der Waals surface area (Å²) in [5, 5.41) is 13.5. The number of pyridine rings is 2. The molecule has 0 bridgehead atoms. The summed E-state index contributed by atoms with van der Waals surface area (Å²) in [7, 11) is 0. The Morgan fingerprint density at radius 2 is 1.95 bits per heavy atom. The molecule has 2 aromatic heterocycles. The fourth-order valence-electron chi connectivity index (χ4n) is 1.71. The van der Waals surface area contributed by atoms with Gasteiger partial charge in [0.2, 0.25) is 0 Å². The summed E-state index contributed by atoms with van der Waals surface area (Å²) in [6.45, 7) is 4.10. The summed E-state index contributed by atoms with van der Waals surface area (Å²) in [5.74, 6) is 0.147. The predicted octanol–water partition coefficient (Wildman–Crippen LogP) is 3.72. The van der Waals surface area contributed by atoms with E-state index in [-0.39, 0.29) is 5.75 Å². The van der Waals surface area contributed by atoms with Gasteiger partial charge in [-0.2, -0.15) is 0 Å². The maximum Gasteiger partial charge on any atom is 0.154 e. The summed E-state index contributed by atoms with van der Waals surface area (Å²) < 4.78 is 0. The Labute approximate surface area is 121 Å². The SMILES string of the molecule is Cc1ccc(O)c(CNc2c(C)cc(Cl)nc2Cl)n1. The van der Waals surface area contributed by atoms with Crippen molar-refractivity contribution in [2.75, 3.05) is 5.32 Å². The summed E-state index contributed by atoms with van der Waals surface area (Å²) >= 11 is 11.8. The van der Waals surface area contributed by atoms with Gasteiger partial charge >= 0.3 is 0 Å². The molecule has 0 saturated carbocycles. The number of nitrogens with zero attached hydrogens (tertiary/aromatic N) is 2. The van der Waals surface area contributed by atoms with Gasteiger partial charge in [0.05, 0.1) is 12.2 Å². The molecular weight excluding hydrogens is 285 g/mol. The van der Waals surface area contributed by atoms with Gasteiger partial charge in [-0.3, -0.25) is 4.98 Å². The molecule has 2 N–H and O–H groups in total. The highest BCUT2D eigenvalue weighted by molar-refractivity contribution is 6.34. The second-order valence-electron chi connectivity index (χ2n) is 4.20. The standard InChI is InChI=1S/C13H13Cl2N3O/c1-7-5-11(14)18-13(15)12(7)16-6-9-10(19)4-3-8(2)17-9/h3-5,16,19H,6H2,1-2H3. The van der Waals surface area contributed by atoms with Crippen LogP contribution in [0.5, 0.6) is 5.75 Å². The summed E-state index contributed by atoms with van der Waals surface area (Å²) in [6.07, 6.45) is 0. The number of aryl methyl sites for hydroxylation is 2. The molecule has 0 spiro atoms. The Bertz CT molecular complexity index is 594. The number of aromatic hydroxyl groups is 1. The molecule has 0 saturated heterocycles. The smallest absolute Gasteiger partial charge is 0.154 e. The maximum absolute atomic E-state index is 9.72. The monoisotopic (exact) mass is 297 g/mol. The fourth-order valence-corrected chi connectivity index (χ4v) is 2.31. The van der Waals surface area contributed by atoms with Gasteiger partial charge in [0.15, 0.2) is 5.15 Å². The number of aromatic nitrogens is 2. The minimum atomic E-state index is 0.147. The molecule has 19 heavy (non-hydrogen) atoms. The number of hydrogen-bond donors (Lipinski definition) is 2. The molecule has 2 heterocycles. The summed E-state index contributed by atoms with van der Waals surface area (Å²) in [6, 6.07) is 5.09. The molecule has 0 radical (unpaired) electrons. The molecular formula is C13H13Cl2N3O. The molecule has 2 aromatic rings. The lowest BCUT2D eigenvalue weighted by Gasteiger charge is -2.12. The summed E-state index contributed by atoms with van der Waals surface area (Å²) in [4.78, 5) is 8.23. The van der Waals surface area contributed by atoms with Crippen LogP contribution in [0.25, 0.3) is 0 Å². The molecule has 0 aliphatic carbocycles. The van der Waals surface area contributed by atoms with Crippen molar-refractivity contribution in [1.82, 2.24) is 9.97 Å². The molecule has 0 unspecified atom stereocenters. The van der Waals surface area contributed by atoms with Crippen LogP contribution in [-0.2, 0) is 6.54 Å². The third-order valence-electron chi connectivity index (χ3n) is 2.66. The Kier molecular flexibility index (Phi) is 4.12. The molecule has 0 atom stereocenters. The van der Waals surface area contributed by atoms with Gasteiger partial charge in [0, 0.05) is 5.69 Å². The van der Waals surface area contributed by atoms with Crippen LogP contribution in [0.4, 0.5) is 5.69 Å². The maximum atomic E-state index is 9.72. The highest BCUT2D eigenvalue weighted by Gasteiger charge is 2.09. The Hall–Kier alpha value is -1.52. The Morgan fingerprint density at radius 3 is 2.63 bits per heavy atom. The number of nitrogens with one attached hydrogen (secondary N) is 1. The summed E-state index contributed by atoms with van der Waals surface area (Å²) in [5.41, 5.74) is 2.97. The first-order chi connectivity index (χ1) is 8.97. The van der Waals surface area contributed by atoms with Gasteiger partial charge in [0.1, 0.15) is 16.6 Å². The molecule has 4 nitrogen and oxygen atoms in total. The number of anilines is 1. The largest absolute Gasteiger partial charge is 0.506 e. The molecule has 100 valence electrons. The first-order valence-electron chi connectivity index (χ1n) is 5.69. The van der Waals surface area contributed by atoms with Crippen molar-refractivity contribution in [3.63, 3.8) is 0 Å². The van der Waals surface area contributed by atoms with Gasteiger partial charge in [-0.1, -0.05) is 23.2 Å². The molecule has 0 aliphatic heterocycles. The third-order valence-corrected chi connectivity index (χ3v) is 3.13. The zero-order chi connectivity index (χ0) is 14.0. The van der Waals surface area contributed by atoms with Gasteiger partial charge in [-0.05, 0) is 37.6 Å². The van der Waals surface area contributed by atoms with Crippen LogP contribution in [0.3, 0.4) is 0 Å². The molecule has 2 rings (SSSR count). The van der Waals surface area contributed by atoms with Crippen molar-refractivity contribution in [1.29, 1.82) is 0 Å². The quantitative estimate of drug-likeness (QED) is 0.848. The predicted molar refractivity (Wildman–Crippen MR) is 77.0 cm³/mol. The van der Waals surface area contributed by atoms with Crippen molar-refractivity contribution in [3.8, 4) is 5.75 Å². The number of hydrogen-bond acceptors (Lipinski definition) is 4. The Balaban J connectivity index is 2.21. The molecule has 6 heteroatoms. The van der Waals surface area contributed by atoms with Gasteiger partial charge in [-0.25, -0.2) is 4.98 Å². The topological polar surface area (TPSA) is 58.0 Å². The second kappa shape index (κ2) is 5.63. The normalized spacial score (nSPS) is 10.5. The third kappa shape index (κ3) is 3.28. The average molecular weight is 298 g/mol. The fraction of sp³-hybridized carbons (Fsp3) is 0.231. The van der Waals surface area contributed by atoms with E-state index in [0.717, 1.165) is 11.3 Å². The van der Waals surface area contributed by atoms with Crippen molar-refractivity contribution < 1.29 is 5.11 Å². The van der Waals surface area contributed by atoms with E-state index < -0.39 is 0 Å². The molecule has 0 amide bonds. The van der Waals surface area contributed by atoms with Crippen molar-refractivity contribution in [2.24, 2.45) is 0 Å². The van der Waals surface area contributed by atoms with Crippen molar-refractivity contribution in [2.45, 2.75) is 20.4 Å². The van der Waals surface area contributed by atoms with Crippen LogP contribution in [0, 0.1) is 13.8 Å². The van der Waals surface area contributed by atoms with Gasteiger partial charge < -0.3 is 10.4 Å². The van der Waals surface area contributed by atoms with Crippen molar-refractivity contribution in [3.05, 3.63) is 45.5 Å². The van der Waals surface area contributed by atoms with E-state index in [1.165, 1.54) is 0 Å². The van der Waals surface area contributed by atoms with E-state index in [0.29, 0.717) is 28.2 Å². The highest BCUT2D eigenvalue weighted by atomic mass is 35.5. The van der Waals surface area contributed by atoms with Gasteiger partial charge in [0.25, 0.3) is 0 Å². The first-order valence-corrected chi connectivity index (χ1v) is 6.45. The van der Waals surface area contributed by atoms with Gasteiger partial charge in [-0.15, -0.1) is 0 Å². The van der Waals surface area contributed by atoms with E-state index in [2.05, 4.69) is 15.3 Å². The highest BCUT2D eigenvalue weighted by Crippen LogP contribution is 2.27. The van der Waals surface area contributed by atoms with Crippen LogP contribution >= 0.6 is 23.2 Å². The van der Waals surface area contributed by atoms with E-state index in [1.807, 2.05) is 13.8 Å². The number of rotatable bonds is 3. The lowest BCUT2D eigenvalue weighted by atomic mass is 10.2. The zero-order valence-corrected chi connectivity index (χ0v) is 12.0. The van der Waals surface area contributed by atoms with Crippen LogP contribution in [-0.4, -0.2) is 15.1 Å². The van der Waals surface area contributed by atoms with Crippen LogP contribution in [0.1, 0.15) is 17.0 Å². The van der Waals surface area contributed by atoms with E-state index >= 15 is 0 Å². The van der Waals surface area contributed by atoms with Crippen LogP contribution in [0.15, 0.2) is 18.2 Å². The molecule has 0 aromatic carbocycles. The number of halogens is 2. The van der Waals surface area contributed by atoms with Crippen molar-refractivity contribution >= 4 is 28.9 Å². The average Bonchev–Trinajstić information content (AvgIpc) is 2.32. The van der Waals surface area contributed by atoms with Crippen LogP contribution < -0.4 is 5.32 Å². The molecule has 0 aliphatic rings. The minimum absolute atomic E-state index is 0.147. The minimum Gasteiger partial charge on any atom is -0.506 e. The lowest BCUT2D eigenvalue weighted by molar-refractivity contribution is 0.464. The first kappa shape index (κ1) is 13.9. The zero-order valence-electron chi connectivity index (χ0n) is 10.5. The van der Waals surface area contributed by atoms with E-state index in [4.69, 9.17) is 23.2 Å². The molecule has 0 fully saturated rings. The van der Waals surface area contributed by atoms with Crippen LogP contribution in [0.2, 0.25) is 10.3 Å². The lowest BCUT2D eigenvalue weighted by Crippen LogP contribution is -2.05. The Morgan fingerprint density at radius 1 is 1.21 bits per heavy atom. The van der Waals surface area contributed by atoms with E-state index in [9.17, 15) is 5.11 Å².